The summed E-state index contributed by atoms with van der Waals surface area (Å²) in [6.45, 7) is 2.76. The molecule has 10 heteroatoms. The van der Waals surface area contributed by atoms with Crippen molar-refractivity contribution in [3.63, 3.8) is 0 Å². The number of ether oxygens (including phenoxy) is 1. The van der Waals surface area contributed by atoms with Gasteiger partial charge in [-0.3, -0.25) is 14.7 Å². The summed E-state index contributed by atoms with van der Waals surface area (Å²) in [6, 6.07) is 13.8. The minimum Gasteiger partial charge on any atom is -0.378 e. The fourth-order valence-corrected chi connectivity index (χ4v) is 4.63. The molecule has 0 atom stereocenters. The molecule has 8 nitrogen and oxygen atoms in total. The van der Waals surface area contributed by atoms with Crippen molar-refractivity contribution in [2.24, 2.45) is 0 Å². The average molecular weight is 475 g/mol. The highest BCUT2D eigenvalue weighted by molar-refractivity contribution is 7.92. The molecule has 2 heterocycles. The molecule has 32 heavy (non-hydrogen) atoms. The summed E-state index contributed by atoms with van der Waals surface area (Å²) < 4.78 is 34.7. The molecule has 0 saturated carbocycles. The summed E-state index contributed by atoms with van der Waals surface area (Å²) in [5.74, 6) is -0.437. The van der Waals surface area contributed by atoms with Crippen LogP contribution in [0.25, 0.3) is 0 Å². The molecule has 1 aliphatic rings. The highest BCUT2D eigenvalue weighted by Crippen LogP contribution is 2.27. The van der Waals surface area contributed by atoms with Crippen LogP contribution in [-0.2, 0) is 14.8 Å². The van der Waals surface area contributed by atoms with Crippen molar-refractivity contribution in [3.05, 3.63) is 83.1 Å². The molecule has 3 aromatic rings. The van der Waals surface area contributed by atoms with Gasteiger partial charge in [0.2, 0.25) is 12.4 Å². The number of ketones is 1. The first-order chi connectivity index (χ1) is 15.3. The quantitative estimate of drug-likeness (QED) is 0.324. The third kappa shape index (κ3) is 4.85. The Bertz CT molecular complexity index is 1230. The summed E-state index contributed by atoms with van der Waals surface area (Å²) in [6.07, 6.45) is 2.61. The Labute approximate surface area is 190 Å². The Kier molecular flexibility index (Phi) is 6.31. The van der Waals surface area contributed by atoms with Gasteiger partial charge < -0.3 is 9.64 Å². The van der Waals surface area contributed by atoms with Crippen LogP contribution in [0.2, 0.25) is 5.02 Å². The van der Waals surface area contributed by atoms with E-state index in [-0.39, 0.29) is 21.7 Å². The van der Waals surface area contributed by atoms with E-state index in [0.29, 0.717) is 18.2 Å². The minimum atomic E-state index is -3.95. The van der Waals surface area contributed by atoms with E-state index in [0.717, 1.165) is 23.5 Å². The Balaban J connectivity index is 1.60. The van der Waals surface area contributed by atoms with Crippen molar-refractivity contribution in [2.75, 3.05) is 35.9 Å². The fraction of sp³-hybridized carbons (Fsp3) is 0.182. The molecule has 2 N–H and O–H groups in total. The van der Waals surface area contributed by atoms with Crippen LogP contribution in [0.4, 0.5) is 11.4 Å². The number of rotatable bonds is 6. The Morgan fingerprint density at radius 3 is 2.34 bits per heavy atom. The van der Waals surface area contributed by atoms with Crippen LogP contribution >= 0.6 is 11.6 Å². The van der Waals surface area contributed by atoms with Crippen LogP contribution in [0, 0.1) is 0 Å². The predicted octanol–water partition coefficient (Wildman–Crippen LogP) is 2.73. The van der Waals surface area contributed by atoms with E-state index in [1.54, 1.807) is 12.1 Å². The van der Waals surface area contributed by atoms with Gasteiger partial charge in [-0.15, -0.1) is 0 Å². The molecule has 0 bridgehead atoms. The lowest BCUT2D eigenvalue weighted by atomic mass is 10.0. The maximum atomic E-state index is 13.0. The van der Waals surface area contributed by atoms with Gasteiger partial charge in [-0.05, 0) is 42.5 Å². The summed E-state index contributed by atoms with van der Waals surface area (Å²) in [4.78, 5) is 15.2. The number of morpholine rings is 1. The first-order valence-corrected chi connectivity index (χ1v) is 11.7. The number of pyridine rings is 1. The van der Waals surface area contributed by atoms with E-state index in [2.05, 4.69) is 9.62 Å². The number of carbonyl (C=O) groups is 1. The number of aromatic nitrogens is 1. The Morgan fingerprint density at radius 2 is 1.69 bits per heavy atom. The van der Waals surface area contributed by atoms with Crippen LogP contribution in [-0.4, -0.2) is 45.7 Å². The Morgan fingerprint density at radius 1 is 1.03 bits per heavy atom. The molecule has 1 saturated heterocycles. The third-order valence-electron chi connectivity index (χ3n) is 5.07. The number of halogens is 1. The third-order valence-corrected chi connectivity index (χ3v) is 6.69. The van der Waals surface area contributed by atoms with Gasteiger partial charge in [0, 0.05) is 51.8 Å². The molecule has 1 fully saturated rings. The maximum Gasteiger partial charge on any atom is 0.261 e. The Hall–Kier alpha value is -3.14. The molecule has 0 aliphatic carbocycles. The van der Waals surface area contributed by atoms with E-state index >= 15 is 0 Å². The highest BCUT2D eigenvalue weighted by atomic mass is 35.5. The summed E-state index contributed by atoms with van der Waals surface area (Å²) >= 11 is 6.07. The van der Waals surface area contributed by atoms with E-state index in [4.69, 9.17) is 16.3 Å². The van der Waals surface area contributed by atoms with Gasteiger partial charge in [0.25, 0.3) is 10.0 Å². The van der Waals surface area contributed by atoms with Gasteiger partial charge in [0.05, 0.1) is 23.8 Å². The molecule has 2 aromatic carbocycles. The lowest BCUT2D eigenvalue weighted by Crippen LogP contribution is -2.36. The smallest absolute Gasteiger partial charge is 0.261 e. The number of nitrogens with one attached hydrogen (secondary N) is 1. The monoisotopic (exact) mass is 474 g/mol. The normalized spacial score (nSPS) is 14.2. The zero-order chi connectivity index (χ0) is 22.7. The molecule has 4 rings (SSSR count). The molecule has 0 radical (unpaired) electrons. The van der Waals surface area contributed by atoms with Crippen molar-refractivity contribution < 1.29 is 27.9 Å². The lowest BCUT2D eigenvalue weighted by molar-refractivity contribution is -0.904. The van der Waals surface area contributed by atoms with Gasteiger partial charge in [-0.1, -0.05) is 11.6 Å². The number of hydrogen-bond donors (Lipinski definition) is 2. The van der Waals surface area contributed by atoms with Crippen LogP contribution < -0.4 is 14.4 Å². The van der Waals surface area contributed by atoms with Crippen LogP contribution in [0.15, 0.2) is 71.9 Å². The number of nitrogens with zero attached hydrogens (tertiary/aromatic N) is 2. The minimum absolute atomic E-state index is 0.0730. The van der Waals surface area contributed by atoms with Crippen LogP contribution in [0.3, 0.4) is 0 Å². The van der Waals surface area contributed by atoms with Crippen molar-refractivity contribution in [1.82, 2.24) is 0 Å². The molecule has 1 aromatic heterocycles. The van der Waals surface area contributed by atoms with Gasteiger partial charge in [-0.25, -0.2) is 8.42 Å². The largest absolute Gasteiger partial charge is 0.378 e. The molecule has 166 valence electrons. The first-order valence-electron chi connectivity index (χ1n) is 9.84. The number of hydrogen-bond acceptors (Lipinski definition) is 6. The van der Waals surface area contributed by atoms with Crippen LogP contribution in [0.1, 0.15) is 15.9 Å². The summed E-state index contributed by atoms with van der Waals surface area (Å²) in [5, 5.41) is 9.66. The zero-order valence-electron chi connectivity index (χ0n) is 16.9. The second kappa shape index (κ2) is 9.15. The average Bonchev–Trinajstić information content (AvgIpc) is 2.81. The van der Waals surface area contributed by atoms with E-state index in [1.165, 1.54) is 54.9 Å². The SMILES string of the molecule is O=C(c1cc[n+](O)cc1)c1cc(Cl)ccc1NS(=O)(=O)c1ccc(N2CCOCC2)cc1. The maximum absolute atomic E-state index is 13.0. The highest BCUT2D eigenvalue weighted by Gasteiger charge is 2.21. The number of benzene rings is 2. The van der Waals surface area contributed by atoms with Gasteiger partial charge in [0.15, 0.2) is 5.78 Å². The molecule has 0 spiro atoms. The molecule has 0 unspecified atom stereocenters. The number of carbonyl (C=O) groups excluding carboxylic acids is 1. The summed E-state index contributed by atoms with van der Waals surface area (Å²) in [5.41, 5.74) is 1.40. The van der Waals surface area contributed by atoms with E-state index < -0.39 is 15.8 Å². The van der Waals surface area contributed by atoms with Crippen molar-refractivity contribution >= 4 is 38.8 Å². The van der Waals surface area contributed by atoms with Gasteiger partial charge in [0.1, 0.15) is 0 Å². The predicted molar refractivity (Wildman–Crippen MR) is 119 cm³/mol. The number of anilines is 2. The second-order valence-corrected chi connectivity index (χ2v) is 9.30. The lowest BCUT2D eigenvalue weighted by Gasteiger charge is -2.28. The van der Waals surface area contributed by atoms with Crippen LogP contribution in [0.5, 0.6) is 0 Å². The fourth-order valence-electron chi connectivity index (χ4n) is 3.38. The summed E-state index contributed by atoms with van der Waals surface area (Å²) in [7, 11) is -3.95. The number of sulfonamides is 1. The first kappa shape index (κ1) is 22.1. The van der Waals surface area contributed by atoms with Crippen molar-refractivity contribution in [1.29, 1.82) is 0 Å². The molecular weight excluding hydrogens is 454 g/mol. The molecular formula is C22H21ClN3O5S+. The van der Waals surface area contributed by atoms with Gasteiger partial charge >= 0.3 is 0 Å². The van der Waals surface area contributed by atoms with E-state index in [1.807, 2.05) is 0 Å². The topological polar surface area (TPSA) is 99.8 Å². The molecule has 0 amide bonds. The second-order valence-electron chi connectivity index (χ2n) is 7.18. The van der Waals surface area contributed by atoms with Gasteiger partial charge in [-0.2, -0.15) is 0 Å². The van der Waals surface area contributed by atoms with Crippen molar-refractivity contribution in [2.45, 2.75) is 4.90 Å². The zero-order valence-corrected chi connectivity index (χ0v) is 18.5. The standard InChI is InChI=1S/C22H20ClN3O5S/c23-17-1-6-21(20(15-17)22(27)16-7-9-26(28)10-8-16)24-32(29,30)19-4-2-18(3-5-19)25-11-13-31-14-12-25/h1-10,15H,11-14H2,(H-,24,27,28)/p+1. The molecule has 1 aliphatic heterocycles. The van der Waals surface area contributed by atoms with Crippen molar-refractivity contribution in [3.8, 4) is 0 Å². The van der Waals surface area contributed by atoms with E-state index in [9.17, 15) is 18.4 Å².